The number of non-ortho nitro benzene ring substituents is 1. The van der Waals surface area contributed by atoms with E-state index in [9.17, 15) is 18.5 Å². The van der Waals surface area contributed by atoms with Crippen molar-refractivity contribution >= 4 is 15.7 Å². The first kappa shape index (κ1) is 15.1. The Balaban J connectivity index is 2.38. The Hall–Kier alpha value is -2.26. The van der Waals surface area contributed by atoms with Crippen molar-refractivity contribution in [2.24, 2.45) is 0 Å². The summed E-state index contributed by atoms with van der Waals surface area (Å²) in [7, 11) is -2.43. The summed E-state index contributed by atoms with van der Waals surface area (Å²) in [5, 5.41) is 10.8. The predicted octanol–water partition coefficient (Wildman–Crippen LogP) is 1.45. The van der Waals surface area contributed by atoms with Crippen LogP contribution < -0.4 is 0 Å². The van der Waals surface area contributed by atoms with Crippen LogP contribution in [0, 0.1) is 17.0 Å². The maximum absolute atomic E-state index is 12.5. The SMILES string of the molecule is Cc1ccc([N+](=O)[O-])cc1S(=O)(=O)N(C)Cc1ncc[nH]1. The van der Waals surface area contributed by atoms with Crippen molar-refractivity contribution in [3.8, 4) is 0 Å². The quantitative estimate of drug-likeness (QED) is 0.664. The fraction of sp³-hybridized carbons (Fsp3) is 0.250. The lowest BCUT2D eigenvalue weighted by atomic mass is 10.2. The van der Waals surface area contributed by atoms with Crippen molar-refractivity contribution in [3.63, 3.8) is 0 Å². The molecule has 0 unspecified atom stereocenters. The van der Waals surface area contributed by atoms with E-state index in [1.54, 1.807) is 13.1 Å². The minimum atomic E-state index is -3.83. The molecular formula is C12H14N4O4S. The summed E-state index contributed by atoms with van der Waals surface area (Å²) in [5.41, 5.74) is 0.192. The van der Waals surface area contributed by atoms with E-state index < -0.39 is 14.9 Å². The molecule has 1 N–H and O–H groups in total. The fourth-order valence-electron chi connectivity index (χ4n) is 1.83. The van der Waals surface area contributed by atoms with E-state index in [2.05, 4.69) is 9.97 Å². The molecule has 1 aromatic heterocycles. The van der Waals surface area contributed by atoms with Crippen LogP contribution in [0.25, 0.3) is 0 Å². The number of hydrogen-bond acceptors (Lipinski definition) is 5. The van der Waals surface area contributed by atoms with Crippen LogP contribution in [0.5, 0.6) is 0 Å². The second-order valence-corrected chi connectivity index (χ2v) is 6.52. The minimum absolute atomic E-state index is 0.0530. The first-order valence-electron chi connectivity index (χ1n) is 6.02. The number of nitro benzene ring substituents is 1. The molecule has 0 spiro atoms. The molecule has 21 heavy (non-hydrogen) atoms. The Labute approximate surface area is 121 Å². The third kappa shape index (κ3) is 3.09. The number of aryl methyl sites for hydroxylation is 1. The predicted molar refractivity (Wildman–Crippen MR) is 75.1 cm³/mol. The Morgan fingerprint density at radius 1 is 1.43 bits per heavy atom. The molecule has 0 aliphatic carbocycles. The Bertz CT molecular complexity index is 756. The molecular weight excluding hydrogens is 296 g/mol. The van der Waals surface area contributed by atoms with E-state index >= 15 is 0 Å². The second-order valence-electron chi connectivity index (χ2n) is 4.50. The van der Waals surface area contributed by atoms with Crippen LogP contribution in [0.3, 0.4) is 0 Å². The second kappa shape index (κ2) is 5.62. The highest BCUT2D eigenvalue weighted by Gasteiger charge is 2.25. The number of imidazole rings is 1. The van der Waals surface area contributed by atoms with Gasteiger partial charge in [-0.2, -0.15) is 4.31 Å². The largest absolute Gasteiger partial charge is 0.347 e. The number of hydrogen-bond donors (Lipinski definition) is 1. The molecule has 0 saturated heterocycles. The summed E-state index contributed by atoms with van der Waals surface area (Å²) in [6, 6.07) is 3.77. The topological polar surface area (TPSA) is 109 Å². The molecule has 1 heterocycles. The molecule has 0 atom stereocenters. The average Bonchev–Trinajstić information content (AvgIpc) is 2.91. The number of rotatable bonds is 5. The van der Waals surface area contributed by atoms with Gasteiger partial charge < -0.3 is 4.98 Å². The van der Waals surface area contributed by atoms with Gasteiger partial charge in [-0.3, -0.25) is 10.1 Å². The van der Waals surface area contributed by atoms with E-state index in [1.165, 1.54) is 25.4 Å². The average molecular weight is 310 g/mol. The van der Waals surface area contributed by atoms with Crippen molar-refractivity contribution in [2.45, 2.75) is 18.4 Å². The number of H-pyrrole nitrogens is 1. The molecule has 0 bridgehead atoms. The van der Waals surface area contributed by atoms with E-state index in [4.69, 9.17) is 0 Å². The van der Waals surface area contributed by atoms with E-state index in [0.717, 1.165) is 10.4 Å². The smallest absolute Gasteiger partial charge is 0.270 e. The number of aromatic amines is 1. The van der Waals surface area contributed by atoms with Crippen LogP contribution in [-0.2, 0) is 16.6 Å². The third-order valence-corrected chi connectivity index (χ3v) is 4.94. The van der Waals surface area contributed by atoms with Crippen LogP contribution >= 0.6 is 0 Å². The molecule has 0 fully saturated rings. The van der Waals surface area contributed by atoms with Crippen molar-refractivity contribution < 1.29 is 13.3 Å². The minimum Gasteiger partial charge on any atom is -0.347 e. The van der Waals surface area contributed by atoms with Gasteiger partial charge in [0.05, 0.1) is 16.4 Å². The van der Waals surface area contributed by atoms with Gasteiger partial charge in [0.15, 0.2) is 0 Å². The third-order valence-electron chi connectivity index (χ3n) is 3.00. The number of nitro groups is 1. The fourth-order valence-corrected chi connectivity index (χ4v) is 3.20. The number of sulfonamides is 1. The molecule has 0 aliphatic rings. The Morgan fingerprint density at radius 2 is 2.14 bits per heavy atom. The maximum Gasteiger partial charge on any atom is 0.270 e. The molecule has 2 rings (SSSR count). The number of aromatic nitrogens is 2. The molecule has 2 aromatic rings. The zero-order valence-electron chi connectivity index (χ0n) is 11.5. The molecule has 0 saturated carbocycles. The summed E-state index contributed by atoms with van der Waals surface area (Å²) >= 11 is 0. The first-order chi connectivity index (χ1) is 9.82. The summed E-state index contributed by atoms with van der Waals surface area (Å²) < 4.78 is 26.1. The van der Waals surface area contributed by atoms with Crippen molar-refractivity contribution in [1.29, 1.82) is 0 Å². The van der Waals surface area contributed by atoms with Gasteiger partial charge in [0.25, 0.3) is 5.69 Å². The van der Waals surface area contributed by atoms with Crippen LogP contribution in [-0.4, -0.2) is 34.7 Å². The number of nitrogens with one attached hydrogen (secondary N) is 1. The standard InChI is InChI=1S/C12H14N4O4S/c1-9-3-4-10(16(17)18)7-11(9)21(19,20)15(2)8-12-13-5-6-14-12/h3-7H,8H2,1-2H3,(H,13,14). The van der Waals surface area contributed by atoms with Crippen LogP contribution in [0.2, 0.25) is 0 Å². The van der Waals surface area contributed by atoms with Gasteiger partial charge >= 0.3 is 0 Å². The van der Waals surface area contributed by atoms with E-state index in [-0.39, 0.29) is 17.1 Å². The number of nitrogens with zero attached hydrogens (tertiary/aromatic N) is 3. The highest BCUT2D eigenvalue weighted by Crippen LogP contribution is 2.24. The summed E-state index contributed by atoms with van der Waals surface area (Å²) in [4.78, 5) is 16.9. The number of benzene rings is 1. The molecule has 1 aromatic carbocycles. The normalized spacial score (nSPS) is 11.8. The van der Waals surface area contributed by atoms with Gasteiger partial charge in [0.2, 0.25) is 10.0 Å². The molecule has 0 amide bonds. The van der Waals surface area contributed by atoms with Crippen LogP contribution in [0.1, 0.15) is 11.4 Å². The van der Waals surface area contributed by atoms with Crippen LogP contribution in [0.15, 0.2) is 35.5 Å². The molecule has 0 aliphatic heterocycles. The lowest BCUT2D eigenvalue weighted by Gasteiger charge is -2.17. The van der Waals surface area contributed by atoms with Crippen molar-refractivity contribution in [1.82, 2.24) is 14.3 Å². The van der Waals surface area contributed by atoms with Crippen LogP contribution in [0.4, 0.5) is 5.69 Å². The zero-order chi connectivity index (χ0) is 15.6. The van der Waals surface area contributed by atoms with Gasteiger partial charge in [-0.15, -0.1) is 0 Å². The monoisotopic (exact) mass is 310 g/mol. The maximum atomic E-state index is 12.5. The Kier molecular flexibility index (Phi) is 4.05. The molecule has 9 heteroatoms. The highest BCUT2D eigenvalue weighted by molar-refractivity contribution is 7.89. The summed E-state index contributed by atoms with van der Waals surface area (Å²) in [6.45, 7) is 1.65. The molecule has 0 radical (unpaired) electrons. The zero-order valence-corrected chi connectivity index (χ0v) is 12.3. The van der Waals surface area contributed by atoms with Crippen molar-refractivity contribution in [3.05, 3.63) is 52.1 Å². The van der Waals surface area contributed by atoms with Gasteiger partial charge in [0.1, 0.15) is 5.82 Å². The summed E-state index contributed by atoms with van der Waals surface area (Å²) in [6.07, 6.45) is 3.11. The summed E-state index contributed by atoms with van der Waals surface area (Å²) in [5.74, 6) is 0.490. The van der Waals surface area contributed by atoms with Gasteiger partial charge in [-0.1, -0.05) is 6.07 Å². The van der Waals surface area contributed by atoms with Gasteiger partial charge in [0, 0.05) is 31.6 Å². The van der Waals surface area contributed by atoms with Crippen molar-refractivity contribution in [2.75, 3.05) is 7.05 Å². The van der Waals surface area contributed by atoms with E-state index in [1.807, 2.05) is 0 Å². The molecule has 112 valence electrons. The highest BCUT2D eigenvalue weighted by atomic mass is 32.2. The molecule has 8 nitrogen and oxygen atoms in total. The van der Waals surface area contributed by atoms with Gasteiger partial charge in [-0.05, 0) is 12.5 Å². The van der Waals surface area contributed by atoms with Gasteiger partial charge in [-0.25, -0.2) is 13.4 Å². The lowest BCUT2D eigenvalue weighted by molar-refractivity contribution is -0.385. The Morgan fingerprint density at radius 3 is 2.71 bits per heavy atom. The lowest BCUT2D eigenvalue weighted by Crippen LogP contribution is -2.27. The van der Waals surface area contributed by atoms with E-state index in [0.29, 0.717) is 11.4 Å². The first-order valence-corrected chi connectivity index (χ1v) is 7.46.